The first-order valence-electron chi connectivity index (χ1n) is 6.46. The molecular weight excluding hydrogens is 276 g/mol. The zero-order valence-corrected chi connectivity index (χ0v) is 12.3. The van der Waals surface area contributed by atoms with Gasteiger partial charge in [0, 0.05) is 17.8 Å². The SMILES string of the molecule is Cc1nc(CC(=O)NC(C)CC(O)c2ccco2)cs1. The molecule has 0 aliphatic carbocycles. The van der Waals surface area contributed by atoms with Crippen molar-refractivity contribution < 1.29 is 14.3 Å². The number of furan rings is 1. The van der Waals surface area contributed by atoms with Gasteiger partial charge in [0.2, 0.25) is 5.91 Å². The number of aromatic nitrogens is 1. The van der Waals surface area contributed by atoms with Gasteiger partial charge in [-0.1, -0.05) is 0 Å². The van der Waals surface area contributed by atoms with Gasteiger partial charge >= 0.3 is 0 Å². The normalized spacial score (nSPS) is 13.9. The van der Waals surface area contributed by atoms with Crippen LogP contribution in [0.2, 0.25) is 0 Å². The maximum absolute atomic E-state index is 11.8. The lowest BCUT2D eigenvalue weighted by Gasteiger charge is -2.16. The van der Waals surface area contributed by atoms with E-state index in [0.717, 1.165) is 10.7 Å². The fourth-order valence-electron chi connectivity index (χ4n) is 1.97. The topological polar surface area (TPSA) is 75.4 Å². The first-order valence-corrected chi connectivity index (χ1v) is 7.34. The molecule has 0 saturated carbocycles. The molecule has 0 spiro atoms. The van der Waals surface area contributed by atoms with Crippen molar-refractivity contribution >= 4 is 17.2 Å². The van der Waals surface area contributed by atoms with Crippen LogP contribution in [-0.4, -0.2) is 22.0 Å². The molecule has 2 aromatic rings. The summed E-state index contributed by atoms with van der Waals surface area (Å²) in [5.74, 6) is 0.427. The number of aliphatic hydroxyl groups excluding tert-OH is 1. The Morgan fingerprint density at radius 3 is 3.00 bits per heavy atom. The van der Waals surface area contributed by atoms with Crippen molar-refractivity contribution in [3.63, 3.8) is 0 Å². The lowest BCUT2D eigenvalue weighted by molar-refractivity contribution is -0.121. The minimum absolute atomic E-state index is 0.0885. The van der Waals surface area contributed by atoms with Gasteiger partial charge in [-0.25, -0.2) is 4.98 Å². The molecule has 108 valence electrons. The molecular formula is C14H18N2O3S. The molecule has 0 radical (unpaired) electrons. The van der Waals surface area contributed by atoms with Crippen molar-refractivity contribution in [2.45, 2.75) is 38.8 Å². The Kier molecular flexibility index (Phi) is 4.92. The second-order valence-electron chi connectivity index (χ2n) is 4.77. The Hall–Kier alpha value is -1.66. The van der Waals surface area contributed by atoms with E-state index >= 15 is 0 Å². The summed E-state index contributed by atoms with van der Waals surface area (Å²) in [6.07, 6.45) is 1.49. The van der Waals surface area contributed by atoms with E-state index in [1.54, 1.807) is 12.1 Å². The number of hydrogen-bond donors (Lipinski definition) is 2. The van der Waals surface area contributed by atoms with Crippen molar-refractivity contribution in [1.82, 2.24) is 10.3 Å². The van der Waals surface area contributed by atoms with Gasteiger partial charge in [-0.15, -0.1) is 11.3 Å². The molecule has 1 amide bonds. The van der Waals surface area contributed by atoms with Crippen molar-refractivity contribution in [2.24, 2.45) is 0 Å². The van der Waals surface area contributed by atoms with Gasteiger partial charge in [0.1, 0.15) is 11.9 Å². The molecule has 20 heavy (non-hydrogen) atoms. The van der Waals surface area contributed by atoms with Crippen LogP contribution in [0.3, 0.4) is 0 Å². The van der Waals surface area contributed by atoms with Gasteiger partial charge in [0.25, 0.3) is 0 Å². The number of nitrogens with zero attached hydrogens (tertiary/aromatic N) is 1. The van der Waals surface area contributed by atoms with Crippen LogP contribution in [0, 0.1) is 6.92 Å². The summed E-state index contributed by atoms with van der Waals surface area (Å²) < 4.78 is 5.13. The highest BCUT2D eigenvalue weighted by Crippen LogP contribution is 2.18. The minimum atomic E-state index is -0.707. The Balaban J connectivity index is 1.79. The maximum atomic E-state index is 11.8. The van der Waals surface area contributed by atoms with E-state index < -0.39 is 6.10 Å². The van der Waals surface area contributed by atoms with Crippen LogP contribution in [-0.2, 0) is 11.2 Å². The Labute approximate surface area is 121 Å². The van der Waals surface area contributed by atoms with E-state index in [-0.39, 0.29) is 18.4 Å². The summed E-state index contributed by atoms with van der Waals surface area (Å²) in [7, 11) is 0. The van der Waals surface area contributed by atoms with Crippen molar-refractivity contribution in [3.05, 3.63) is 40.2 Å². The molecule has 0 aliphatic heterocycles. The molecule has 0 aliphatic rings. The summed E-state index contributed by atoms with van der Waals surface area (Å²) in [6, 6.07) is 3.31. The first-order chi connectivity index (χ1) is 9.54. The van der Waals surface area contributed by atoms with Crippen LogP contribution in [0.1, 0.15) is 35.9 Å². The largest absolute Gasteiger partial charge is 0.467 e. The average molecular weight is 294 g/mol. The zero-order valence-electron chi connectivity index (χ0n) is 11.5. The number of aliphatic hydroxyl groups is 1. The molecule has 2 N–H and O–H groups in total. The van der Waals surface area contributed by atoms with Crippen molar-refractivity contribution in [1.29, 1.82) is 0 Å². The Morgan fingerprint density at radius 2 is 2.40 bits per heavy atom. The third-order valence-corrected chi connectivity index (χ3v) is 3.69. The Bertz CT molecular complexity index is 551. The van der Waals surface area contributed by atoms with Gasteiger partial charge in [-0.05, 0) is 26.0 Å². The van der Waals surface area contributed by atoms with Gasteiger partial charge in [0.15, 0.2) is 0 Å². The van der Waals surface area contributed by atoms with E-state index in [1.807, 2.05) is 19.2 Å². The molecule has 6 heteroatoms. The number of hydrogen-bond acceptors (Lipinski definition) is 5. The zero-order chi connectivity index (χ0) is 14.5. The van der Waals surface area contributed by atoms with Crippen LogP contribution in [0.5, 0.6) is 0 Å². The maximum Gasteiger partial charge on any atom is 0.226 e. The molecule has 0 fully saturated rings. The van der Waals surface area contributed by atoms with Crippen LogP contribution < -0.4 is 5.32 Å². The van der Waals surface area contributed by atoms with Crippen LogP contribution in [0.4, 0.5) is 0 Å². The highest BCUT2D eigenvalue weighted by Gasteiger charge is 2.16. The third-order valence-electron chi connectivity index (χ3n) is 2.86. The van der Waals surface area contributed by atoms with Crippen LogP contribution >= 0.6 is 11.3 Å². The number of carbonyl (C=O) groups excluding carboxylic acids is 1. The number of rotatable bonds is 6. The smallest absolute Gasteiger partial charge is 0.226 e. The monoisotopic (exact) mass is 294 g/mol. The standard InChI is InChI=1S/C14H18N2O3S/c1-9(6-12(17)13-4-3-5-19-13)15-14(18)7-11-8-20-10(2)16-11/h3-5,8-9,12,17H,6-7H2,1-2H3,(H,15,18). The number of carbonyl (C=O) groups is 1. The van der Waals surface area contributed by atoms with E-state index in [1.165, 1.54) is 17.6 Å². The third kappa shape index (κ3) is 4.18. The van der Waals surface area contributed by atoms with Crippen molar-refractivity contribution in [2.75, 3.05) is 0 Å². The highest BCUT2D eigenvalue weighted by molar-refractivity contribution is 7.09. The van der Waals surface area contributed by atoms with Gasteiger partial charge < -0.3 is 14.8 Å². The quantitative estimate of drug-likeness (QED) is 0.856. The number of thiazole rings is 1. The summed E-state index contributed by atoms with van der Waals surface area (Å²) in [6.45, 7) is 3.77. The first kappa shape index (κ1) is 14.7. The van der Waals surface area contributed by atoms with Gasteiger partial charge in [-0.3, -0.25) is 4.79 Å². The number of amides is 1. The highest BCUT2D eigenvalue weighted by atomic mass is 32.1. The predicted molar refractivity (Wildman–Crippen MR) is 76.4 cm³/mol. The van der Waals surface area contributed by atoms with Gasteiger partial charge in [0.05, 0.1) is 23.4 Å². The molecule has 2 unspecified atom stereocenters. The van der Waals surface area contributed by atoms with E-state index in [2.05, 4.69) is 10.3 Å². The number of nitrogens with one attached hydrogen (secondary N) is 1. The Morgan fingerprint density at radius 1 is 1.60 bits per heavy atom. The van der Waals surface area contributed by atoms with Crippen LogP contribution in [0.25, 0.3) is 0 Å². The molecule has 0 saturated heterocycles. The summed E-state index contributed by atoms with van der Waals surface area (Å²) in [4.78, 5) is 16.1. The fraction of sp³-hybridized carbons (Fsp3) is 0.429. The summed E-state index contributed by atoms with van der Waals surface area (Å²) in [5, 5.41) is 15.6. The lowest BCUT2D eigenvalue weighted by atomic mass is 10.1. The molecule has 0 aromatic carbocycles. The fourth-order valence-corrected chi connectivity index (χ4v) is 2.58. The number of aryl methyl sites for hydroxylation is 1. The van der Waals surface area contributed by atoms with E-state index in [9.17, 15) is 9.90 Å². The molecule has 2 heterocycles. The van der Waals surface area contributed by atoms with E-state index in [4.69, 9.17) is 4.42 Å². The van der Waals surface area contributed by atoms with E-state index in [0.29, 0.717) is 12.2 Å². The second-order valence-corrected chi connectivity index (χ2v) is 5.83. The van der Waals surface area contributed by atoms with Crippen molar-refractivity contribution in [3.8, 4) is 0 Å². The molecule has 0 bridgehead atoms. The summed E-state index contributed by atoms with van der Waals surface area (Å²) in [5.41, 5.74) is 0.781. The van der Waals surface area contributed by atoms with Gasteiger partial charge in [-0.2, -0.15) is 0 Å². The summed E-state index contributed by atoms with van der Waals surface area (Å²) >= 11 is 1.53. The molecule has 2 aromatic heterocycles. The molecule has 2 rings (SSSR count). The predicted octanol–water partition coefficient (Wildman–Crippen LogP) is 2.22. The second kappa shape index (κ2) is 6.67. The lowest BCUT2D eigenvalue weighted by Crippen LogP contribution is -2.34. The van der Waals surface area contributed by atoms with Crippen LogP contribution in [0.15, 0.2) is 28.2 Å². The average Bonchev–Trinajstić information content (AvgIpc) is 3.00. The minimum Gasteiger partial charge on any atom is -0.467 e. The molecule has 5 nitrogen and oxygen atoms in total. The molecule has 2 atom stereocenters.